The van der Waals surface area contributed by atoms with E-state index < -0.39 is 45.8 Å². The average molecular weight is 320 g/mol. The van der Waals surface area contributed by atoms with Crippen LogP contribution in [-0.4, -0.2) is 37.5 Å². The highest BCUT2D eigenvalue weighted by atomic mass is 32.2. The lowest BCUT2D eigenvalue weighted by Crippen LogP contribution is -2.42. The number of nitrogens with zero attached hydrogens (tertiary/aromatic N) is 1. The van der Waals surface area contributed by atoms with Gasteiger partial charge in [0.25, 0.3) is 0 Å². The first kappa shape index (κ1) is 17.5. The molecule has 0 saturated heterocycles. The van der Waals surface area contributed by atoms with Gasteiger partial charge in [-0.15, -0.1) is 0 Å². The second-order valence-corrected chi connectivity index (χ2v) is 6.65. The van der Waals surface area contributed by atoms with Crippen LogP contribution < -0.4 is 5.32 Å². The molecule has 0 spiro atoms. The molecule has 1 unspecified atom stereocenters. The molecule has 8 heteroatoms. The van der Waals surface area contributed by atoms with Crippen LogP contribution in [-0.2, 0) is 14.8 Å². The molecule has 0 fully saturated rings. The zero-order valence-corrected chi connectivity index (χ0v) is 12.9. The first-order valence-corrected chi connectivity index (χ1v) is 8.22. The predicted octanol–water partition coefficient (Wildman–Crippen LogP) is 1.96. The van der Waals surface area contributed by atoms with Gasteiger partial charge in [0.1, 0.15) is 17.3 Å². The summed E-state index contributed by atoms with van der Waals surface area (Å²) < 4.78 is 51.1. The van der Waals surface area contributed by atoms with Crippen LogP contribution in [0.5, 0.6) is 0 Å². The lowest BCUT2D eigenvalue weighted by Gasteiger charge is -2.25. The van der Waals surface area contributed by atoms with Crippen molar-refractivity contribution in [3.05, 3.63) is 29.8 Å². The minimum absolute atomic E-state index is 0.392. The number of anilines is 1. The van der Waals surface area contributed by atoms with Gasteiger partial charge in [-0.3, -0.25) is 4.79 Å². The van der Waals surface area contributed by atoms with E-state index in [1.807, 2.05) is 0 Å². The predicted molar refractivity (Wildman–Crippen MR) is 76.3 cm³/mol. The van der Waals surface area contributed by atoms with Gasteiger partial charge in [0.15, 0.2) is 0 Å². The molecule has 0 aliphatic rings. The van der Waals surface area contributed by atoms with Crippen molar-refractivity contribution in [1.82, 2.24) is 4.31 Å². The van der Waals surface area contributed by atoms with E-state index in [9.17, 15) is 22.0 Å². The summed E-state index contributed by atoms with van der Waals surface area (Å²) in [6.07, 6.45) is 1.49. The third-order valence-corrected chi connectivity index (χ3v) is 4.38. The molecule has 0 radical (unpaired) electrons. The number of para-hydroxylation sites is 1. The van der Waals surface area contributed by atoms with Gasteiger partial charge in [-0.1, -0.05) is 13.0 Å². The van der Waals surface area contributed by atoms with Crippen LogP contribution >= 0.6 is 0 Å². The van der Waals surface area contributed by atoms with Crippen molar-refractivity contribution in [1.29, 1.82) is 0 Å². The first-order valence-electron chi connectivity index (χ1n) is 6.37. The number of amides is 1. The van der Waals surface area contributed by atoms with Crippen molar-refractivity contribution in [3.63, 3.8) is 0 Å². The molecule has 0 saturated carbocycles. The SMILES string of the molecule is CCC(C)N(CC(=O)Nc1c(F)cccc1F)S(C)(=O)=O. The van der Waals surface area contributed by atoms with Gasteiger partial charge in [-0.2, -0.15) is 4.31 Å². The van der Waals surface area contributed by atoms with Crippen LogP contribution in [0.2, 0.25) is 0 Å². The molecule has 21 heavy (non-hydrogen) atoms. The molecule has 5 nitrogen and oxygen atoms in total. The largest absolute Gasteiger partial charge is 0.320 e. The van der Waals surface area contributed by atoms with Gasteiger partial charge in [-0.05, 0) is 25.5 Å². The number of nitrogens with one attached hydrogen (secondary N) is 1. The summed E-state index contributed by atoms with van der Waals surface area (Å²) >= 11 is 0. The van der Waals surface area contributed by atoms with Gasteiger partial charge in [-0.25, -0.2) is 17.2 Å². The summed E-state index contributed by atoms with van der Waals surface area (Å²) in [6, 6.07) is 2.78. The molecule has 1 N–H and O–H groups in total. The monoisotopic (exact) mass is 320 g/mol. The Kier molecular flexibility index (Phi) is 5.79. The number of sulfonamides is 1. The Labute approximate surface area is 123 Å². The molecule has 0 aliphatic carbocycles. The van der Waals surface area contributed by atoms with E-state index >= 15 is 0 Å². The second-order valence-electron chi connectivity index (χ2n) is 4.71. The van der Waals surface area contributed by atoms with Gasteiger partial charge >= 0.3 is 0 Å². The molecule has 0 bridgehead atoms. The number of hydrogen-bond acceptors (Lipinski definition) is 3. The number of benzene rings is 1. The number of hydrogen-bond donors (Lipinski definition) is 1. The van der Waals surface area contributed by atoms with E-state index in [0.717, 1.165) is 22.7 Å². The van der Waals surface area contributed by atoms with Crippen molar-refractivity contribution in [2.24, 2.45) is 0 Å². The van der Waals surface area contributed by atoms with Crippen molar-refractivity contribution in [2.45, 2.75) is 26.3 Å². The third-order valence-electron chi connectivity index (χ3n) is 3.04. The van der Waals surface area contributed by atoms with Gasteiger partial charge < -0.3 is 5.32 Å². The number of carbonyl (C=O) groups is 1. The Morgan fingerprint density at radius 3 is 2.29 bits per heavy atom. The number of halogens is 2. The topological polar surface area (TPSA) is 66.5 Å². The van der Waals surface area contributed by atoms with Crippen molar-refractivity contribution >= 4 is 21.6 Å². The first-order chi connectivity index (χ1) is 9.66. The van der Waals surface area contributed by atoms with E-state index in [-0.39, 0.29) is 0 Å². The van der Waals surface area contributed by atoms with Crippen LogP contribution in [0.1, 0.15) is 20.3 Å². The van der Waals surface area contributed by atoms with Gasteiger partial charge in [0.05, 0.1) is 12.8 Å². The van der Waals surface area contributed by atoms with Crippen LogP contribution in [0.3, 0.4) is 0 Å². The van der Waals surface area contributed by atoms with E-state index in [2.05, 4.69) is 5.32 Å². The normalized spacial score (nSPS) is 13.2. The number of rotatable bonds is 6. The van der Waals surface area contributed by atoms with Crippen molar-refractivity contribution < 1.29 is 22.0 Å². The summed E-state index contributed by atoms with van der Waals surface area (Å²) in [5, 5.41) is 2.06. The summed E-state index contributed by atoms with van der Waals surface area (Å²) in [4.78, 5) is 11.8. The van der Waals surface area contributed by atoms with E-state index in [4.69, 9.17) is 0 Å². The molecular formula is C13H18F2N2O3S. The lowest BCUT2D eigenvalue weighted by atomic mass is 10.2. The zero-order chi connectivity index (χ0) is 16.2. The van der Waals surface area contributed by atoms with Gasteiger partial charge in [0.2, 0.25) is 15.9 Å². The maximum absolute atomic E-state index is 13.4. The molecule has 1 rings (SSSR count). The van der Waals surface area contributed by atoms with Crippen molar-refractivity contribution in [3.8, 4) is 0 Å². The van der Waals surface area contributed by atoms with Crippen LogP contribution in [0.4, 0.5) is 14.5 Å². The Balaban J connectivity index is 2.89. The minimum Gasteiger partial charge on any atom is -0.320 e. The molecule has 118 valence electrons. The Hall–Kier alpha value is -1.54. The quantitative estimate of drug-likeness (QED) is 0.871. The van der Waals surface area contributed by atoms with Crippen LogP contribution in [0.25, 0.3) is 0 Å². The Morgan fingerprint density at radius 2 is 1.86 bits per heavy atom. The summed E-state index contributed by atoms with van der Waals surface area (Å²) in [6.45, 7) is 2.93. The lowest BCUT2D eigenvalue weighted by molar-refractivity contribution is -0.116. The van der Waals surface area contributed by atoms with Crippen LogP contribution in [0, 0.1) is 11.6 Å². The number of carbonyl (C=O) groups excluding carboxylic acids is 1. The summed E-state index contributed by atoms with van der Waals surface area (Å²) in [7, 11) is -3.60. The van der Waals surface area contributed by atoms with Crippen LogP contribution in [0.15, 0.2) is 18.2 Å². The molecule has 0 aromatic heterocycles. The summed E-state index contributed by atoms with van der Waals surface area (Å²) in [5.74, 6) is -2.64. The Morgan fingerprint density at radius 1 is 1.33 bits per heavy atom. The smallest absolute Gasteiger partial charge is 0.239 e. The fraction of sp³-hybridized carbons (Fsp3) is 0.462. The highest BCUT2D eigenvalue weighted by Gasteiger charge is 2.25. The van der Waals surface area contributed by atoms with Crippen molar-refractivity contribution in [2.75, 3.05) is 18.1 Å². The van der Waals surface area contributed by atoms with Gasteiger partial charge in [0, 0.05) is 6.04 Å². The van der Waals surface area contributed by atoms with E-state index in [1.165, 1.54) is 6.07 Å². The maximum atomic E-state index is 13.4. The third kappa shape index (κ3) is 4.75. The molecule has 1 aromatic carbocycles. The highest BCUT2D eigenvalue weighted by Crippen LogP contribution is 2.18. The minimum atomic E-state index is -3.60. The fourth-order valence-electron chi connectivity index (χ4n) is 1.74. The molecule has 1 aromatic rings. The summed E-state index contributed by atoms with van der Waals surface area (Å²) in [5.41, 5.74) is -0.583. The second kappa shape index (κ2) is 6.95. The zero-order valence-electron chi connectivity index (χ0n) is 12.1. The molecular weight excluding hydrogens is 302 g/mol. The highest BCUT2D eigenvalue weighted by molar-refractivity contribution is 7.88. The molecule has 0 heterocycles. The average Bonchev–Trinajstić information content (AvgIpc) is 2.38. The Bertz CT molecular complexity index is 600. The van der Waals surface area contributed by atoms with E-state index in [1.54, 1.807) is 13.8 Å². The molecule has 0 aliphatic heterocycles. The molecule has 1 amide bonds. The standard InChI is InChI=1S/C13H18F2N2O3S/c1-4-9(2)17(21(3,19)20)8-12(18)16-13-10(14)6-5-7-11(13)15/h5-7,9H,4,8H2,1-3H3,(H,16,18). The maximum Gasteiger partial charge on any atom is 0.239 e. The fourth-order valence-corrected chi connectivity index (χ4v) is 2.90. The molecule has 1 atom stereocenters. The van der Waals surface area contributed by atoms with E-state index in [0.29, 0.717) is 6.42 Å².